The first-order chi connectivity index (χ1) is 16.4. The number of phenolic OH excluding ortho intramolecular Hbond substituents is 1. The molecule has 0 aliphatic carbocycles. The molecular formula is C25H24N2O6S. The lowest BCUT2D eigenvalue weighted by atomic mass is 9.95. The second-order valence-corrected chi connectivity index (χ2v) is 8.52. The summed E-state index contributed by atoms with van der Waals surface area (Å²) in [5, 5.41) is 9.87. The Morgan fingerprint density at radius 1 is 1.21 bits per heavy atom. The van der Waals surface area contributed by atoms with E-state index in [9.17, 15) is 14.7 Å². The monoisotopic (exact) mass is 480 g/mol. The van der Waals surface area contributed by atoms with Crippen molar-refractivity contribution in [2.45, 2.75) is 19.9 Å². The molecule has 1 aliphatic rings. The van der Waals surface area contributed by atoms with Crippen LogP contribution in [0.4, 0.5) is 0 Å². The Morgan fingerprint density at radius 2 is 2.00 bits per heavy atom. The molecule has 1 aliphatic heterocycles. The molecule has 0 fully saturated rings. The fourth-order valence-electron chi connectivity index (χ4n) is 3.85. The van der Waals surface area contributed by atoms with Crippen molar-refractivity contribution >= 4 is 23.4 Å². The van der Waals surface area contributed by atoms with Crippen molar-refractivity contribution in [1.82, 2.24) is 4.57 Å². The minimum absolute atomic E-state index is 0.00818. The van der Waals surface area contributed by atoms with Crippen molar-refractivity contribution in [2.75, 3.05) is 20.8 Å². The van der Waals surface area contributed by atoms with Crippen LogP contribution in [0.3, 0.4) is 0 Å². The number of fused-ring (bicyclic) bond motifs is 1. The summed E-state index contributed by atoms with van der Waals surface area (Å²) in [6, 6.07) is 11.4. The molecule has 9 heteroatoms. The third kappa shape index (κ3) is 4.22. The van der Waals surface area contributed by atoms with Crippen molar-refractivity contribution in [3.63, 3.8) is 0 Å². The molecule has 0 amide bonds. The van der Waals surface area contributed by atoms with Crippen LogP contribution >= 0.6 is 11.3 Å². The molecule has 0 radical (unpaired) electrons. The van der Waals surface area contributed by atoms with E-state index in [0.29, 0.717) is 43.2 Å². The maximum absolute atomic E-state index is 13.6. The number of phenols is 1. The smallest absolute Gasteiger partial charge is 0.338 e. The van der Waals surface area contributed by atoms with Gasteiger partial charge in [0.25, 0.3) is 5.56 Å². The number of methoxy groups -OCH3 is 2. The Balaban J connectivity index is 1.95. The Morgan fingerprint density at radius 3 is 2.71 bits per heavy atom. The van der Waals surface area contributed by atoms with Gasteiger partial charge in [-0.15, -0.1) is 0 Å². The molecule has 1 aromatic heterocycles. The first kappa shape index (κ1) is 23.3. The average molecular weight is 481 g/mol. The highest BCUT2D eigenvalue weighted by Gasteiger charge is 2.33. The van der Waals surface area contributed by atoms with Crippen LogP contribution in [-0.2, 0) is 9.53 Å². The van der Waals surface area contributed by atoms with Crippen LogP contribution < -0.4 is 24.4 Å². The van der Waals surface area contributed by atoms with Crippen LogP contribution in [0.25, 0.3) is 6.08 Å². The van der Waals surface area contributed by atoms with Gasteiger partial charge in [0, 0.05) is 0 Å². The van der Waals surface area contributed by atoms with Gasteiger partial charge in [-0.25, -0.2) is 9.79 Å². The largest absolute Gasteiger partial charge is 0.504 e. The van der Waals surface area contributed by atoms with Gasteiger partial charge in [0.15, 0.2) is 16.3 Å². The Hall–Kier alpha value is -3.85. The summed E-state index contributed by atoms with van der Waals surface area (Å²) >= 11 is 1.22. The molecule has 2 heterocycles. The number of esters is 1. The van der Waals surface area contributed by atoms with E-state index in [0.717, 1.165) is 0 Å². The Bertz CT molecular complexity index is 1470. The highest BCUT2D eigenvalue weighted by molar-refractivity contribution is 7.07. The van der Waals surface area contributed by atoms with Crippen LogP contribution in [0.1, 0.15) is 31.0 Å². The molecule has 176 valence electrons. The minimum Gasteiger partial charge on any atom is -0.504 e. The molecule has 34 heavy (non-hydrogen) atoms. The van der Waals surface area contributed by atoms with Gasteiger partial charge in [0.05, 0.1) is 42.7 Å². The van der Waals surface area contributed by atoms with Crippen molar-refractivity contribution in [2.24, 2.45) is 4.99 Å². The standard InChI is InChI=1S/C25H24N2O6S/c1-5-33-24(30)21-14(2)26-25-27(22(21)16-7-6-8-17(13-16)31-3)23(29)20(34-25)12-15-9-10-18(28)19(11-15)32-4/h6-13,22,28H,5H2,1-4H3/t22-/m0/s1. The number of benzene rings is 2. The molecule has 0 saturated carbocycles. The van der Waals surface area contributed by atoms with Crippen molar-refractivity contribution < 1.29 is 24.1 Å². The second-order valence-electron chi connectivity index (χ2n) is 7.51. The zero-order chi connectivity index (χ0) is 24.4. The lowest BCUT2D eigenvalue weighted by Gasteiger charge is -2.25. The Labute approximate surface area is 199 Å². The fraction of sp³-hybridized carbons (Fsp3) is 0.240. The number of carbonyl (C=O) groups is 1. The number of hydrogen-bond acceptors (Lipinski definition) is 8. The summed E-state index contributed by atoms with van der Waals surface area (Å²) in [6.45, 7) is 3.67. The molecule has 0 unspecified atom stereocenters. The molecule has 1 atom stereocenters. The summed E-state index contributed by atoms with van der Waals surface area (Å²) in [4.78, 5) is 31.6. The number of aromatic nitrogens is 1. The van der Waals surface area contributed by atoms with Gasteiger partial charge in [0.1, 0.15) is 5.75 Å². The summed E-state index contributed by atoms with van der Waals surface area (Å²) in [5.41, 5.74) is 1.89. The van der Waals surface area contributed by atoms with Gasteiger partial charge in [-0.3, -0.25) is 9.36 Å². The van der Waals surface area contributed by atoms with Crippen LogP contribution in [0, 0.1) is 0 Å². The van der Waals surface area contributed by atoms with E-state index in [-0.39, 0.29) is 17.9 Å². The first-order valence-electron chi connectivity index (χ1n) is 10.6. The van der Waals surface area contributed by atoms with Crippen molar-refractivity contribution in [3.8, 4) is 17.2 Å². The van der Waals surface area contributed by atoms with E-state index >= 15 is 0 Å². The number of hydrogen-bond donors (Lipinski definition) is 1. The third-order valence-electron chi connectivity index (χ3n) is 5.43. The number of rotatable bonds is 6. The molecule has 4 rings (SSSR count). The van der Waals surface area contributed by atoms with Gasteiger partial charge in [-0.2, -0.15) is 0 Å². The number of carbonyl (C=O) groups excluding carboxylic acids is 1. The average Bonchev–Trinajstić information content (AvgIpc) is 3.13. The second kappa shape index (κ2) is 9.56. The number of allylic oxidation sites excluding steroid dienone is 1. The van der Waals surface area contributed by atoms with E-state index in [4.69, 9.17) is 14.2 Å². The van der Waals surface area contributed by atoms with E-state index < -0.39 is 12.0 Å². The lowest BCUT2D eigenvalue weighted by Crippen LogP contribution is -2.39. The van der Waals surface area contributed by atoms with Gasteiger partial charge in [-0.05, 0) is 55.3 Å². The third-order valence-corrected chi connectivity index (χ3v) is 6.41. The van der Waals surface area contributed by atoms with Gasteiger partial charge < -0.3 is 19.3 Å². The number of nitrogens with zero attached hydrogens (tertiary/aromatic N) is 2. The predicted octanol–water partition coefficient (Wildman–Crippen LogP) is 2.52. The molecular weight excluding hydrogens is 456 g/mol. The van der Waals surface area contributed by atoms with Gasteiger partial charge >= 0.3 is 5.97 Å². The topological polar surface area (TPSA) is 99.4 Å². The van der Waals surface area contributed by atoms with Gasteiger partial charge in [-0.1, -0.05) is 29.5 Å². The summed E-state index contributed by atoms with van der Waals surface area (Å²) in [5.74, 6) is 0.396. The van der Waals surface area contributed by atoms with E-state index in [1.165, 1.54) is 29.1 Å². The zero-order valence-electron chi connectivity index (χ0n) is 19.2. The van der Waals surface area contributed by atoms with Crippen LogP contribution in [-0.4, -0.2) is 36.5 Å². The molecule has 8 nitrogen and oxygen atoms in total. The summed E-state index contributed by atoms with van der Waals surface area (Å²) in [7, 11) is 3.02. The molecule has 3 aromatic rings. The zero-order valence-corrected chi connectivity index (χ0v) is 20.0. The van der Waals surface area contributed by atoms with Crippen LogP contribution in [0.2, 0.25) is 0 Å². The SMILES string of the molecule is CCOC(=O)C1=C(C)N=c2sc(=Cc3ccc(O)c(OC)c3)c(=O)n2[C@H]1c1cccc(OC)c1. The van der Waals surface area contributed by atoms with Crippen LogP contribution in [0.5, 0.6) is 17.2 Å². The Kier molecular flexibility index (Phi) is 6.56. The molecule has 2 aromatic carbocycles. The number of thiazole rings is 1. The van der Waals surface area contributed by atoms with E-state index in [1.807, 2.05) is 12.1 Å². The maximum Gasteiger partial charge on any atom is 0.338 e. The molecule has 0 bridgehead atoms. The highest BCUT2D eigenvalue weighted by Crippen LogP contribution is 2.32. The normalized spacial score (nSPS) is 15.5. The molecule has 0 saturated heterocycles. The predicted molar refractivity (Wildman–Crippen MR) is 128 cm³/mol. The number of aromatic hydroxyl groups is 1. The summed E-state index contributed by atoms with van der Waals surface area (Å²) < 4.78 is 17.8. The number of ether oxygens (including phenoxy) is 3. The first-order valence-corrected chi connectivity index (χ1v) is 11.4. The quantitative estimate of drug-likeness (QED) is 0.545. The van der Waals surface area contributed by atoms with Crippen molar-refractivity contribution in [1.29, 1.82) is 0 Å². The highest BCUT2D eigenvalue weighted by atomic mass is 32.1. The van der Waals surface area contributed by atoms with Crippen LogP contribution in [0.15, 0.2) is 63.5 Å². The lowest BCUT2D eigenvalue weighted by molar-refractivity contribution is -0.139. The van der Waals surface area contributed by atoms with E-state index in [1.54, 1.807) is 51.3 Å². The molecule has 0 spiro atoms. The fourth-order valence-corrected chi connectivity index (χ4v) is 4.90. The van der Waals surface area contributed by atoms with E-state index in [2.05, 4.69) is 4.99 Å². The summed E-state index contributed by atoms with van der Waals surface area (Å²) in [6.07, 6.45) is 1.71. The minimum atomic E-state index is -0.720. The van der Waals surface area contributed by atoms with Gasteiger partial charge in [0.2, 0.25) is 0 Å². The molecule has 1 N–H and O–H groups in total. The van der Waals surface area contributed by atoms with Crippen molar-refractivity contribution in [3.05, 3.63) is 84.5 Å². The maximum atomic E-state index is 13.6.